The molecule has 1 aliphatic heterocycles. The van der Waals surface area contributed by atoms with Gasteiger partial charge in [0.2, 0.25) is 5.88 Å². The summed E-state index contributed by atoms with van der Waals surface area (Å²) in [7, 11) is 0. The second-order valence-corrected chi connectivity index (χ2v) is 6.68. The lowest BCUT2D eigenvalue weighted by atomic mass is 9.89. The largest absolute Gasteiger partial charge is 0.492 e. The van der Waals surface area contributed by atoms with E-state index >= 15 is 0 Å². The van der Waals surface area contributed by atoms with Gasteiger partial charge in [-0.25, -0.2) is 0 Å². The molecule has 4 nitrogen and oxygen atoms in total. The van der Waals surface area contributed by atoms with Crippen molar-refractivity contribution in [2.45, 2.75) is 44.4 Å². The first kappa shape index (κ1) is 13.2. The molecule has 1 aromatic heterocycles. The summed E-state index contributed by atoms with van der Waals surface area (Å²) >= 11 is 1.59. The molecule has 2 N–H and O–H groups in total. The van der Waals surface area contributed by atoms with E-state index in [4.69, 9.17) is 4.74 Å². The normalized spacial score (nSPS) is 24.7. The van der Waals surface area contributed by atoms with Crippen molar-refractivity contribution >= 4 is 16.5 Å². The summed E-state index contributed by atoms with van der Waals surface area (Å²) in [5.41, 5.74) is 0. The smallest absolute Gasteiger partial charge is 0.227 e. The SMILES string of the molecule is Oc1nc(NCC2CCCCC2)sc1[C@@H]1CCOC1. The third-order valence-corrected chi connectivity index (χ3v) is 5.37. The lowest BCUT2D eigenvalue weighted by Gasteiger charge is -2.21. The van der Waals surface area contributed by atoms with Crippen LogP contribution in [-0.2, 0) is 4.74 Å². The molecule has 19 heavy (non-hydrogen) atoms. The number of hydrogen-bond donors (Lipinski definition) is 2. The first-order valence-electron chi connectivity index (χ1n) is 7.34. The summed E-state index contributed by atoms with van der Waals surface area (Å²) in [4.78, 5) is 5.24. The molecule has 0 amide bonds. The Morgan fingerprint density at radius 2 is 2.11 bits per heavy atom. The molecule has 5 heteroatoms. The van der Waals surface area contributed by atoms with Crippen molar-refractivity contribution in [3.05, 3.63) is 4.88 Å². The highest BCUT2D eigenvalue weighted by atomic mass is 32.1. The van der Waals surface area contributed by atoms with Gasteiger partial charge < -0.3 is 15.2 Å². The summed E-state index contributed by atoms with van der Waals surface area (Å²) in [6.07, 6.45) is 7.76. The Kier molecular flexibility index (Phi) is 4.23. The van der Waals surface area contributed by atoms with E-state index in [9.17, 15) is 5.11 Å². The fraction of sp³-hybridized carbons (Fsp3) is 0.786. The Hall–Kier alpha value is -0.810. The van der Waals surface area contributed by atoms with Crippen LogP contribution in [-0.4, -0.2) is 29.8 Å². The van der Waals surface area contributed by atoms with Crippen LogP contribution in [0.1, 0.15) is 49.3 Å². The van der Waals surface area contributed by atoms with Crippen LogP contribution < -0.4 is 5.32 Å². The zero-order chi connectivity index (χ0) is 13.1. The minimum Gasteiger partial charge on any atom is -0.492 e. The number of aromatic nitrogens is 1. The van der Waals surface area contributed by atoms with Crippen molar-refractivity contribution in [1.82, 2.24) is 4.98 Å². The zero-order valence-corrected chi connectivity index (χ0v) is 12.0. The maximum atomic E-state index is 9.93. The van der Waals surface area contributed by atoms with Crippen LogP contribution in [0.2, 0.25) is 0 Å². The maximum Gasteiger partial charge on any atom is 0.227 e. The van der Waals surface area contributed by atoms with E-state index in [0.29, 0.717) is 5.92 Å². The van der Waals surface area contributed by atoms with Crippen molar-refractivity contribution in [3.63, 3.8) is 0 Å². The quantitative estimate of drug-likeness (QED) is 0.889. The molecule has 1 saturated carbocycles. The van der Waals surface area contributed by atoms with Crippen molar-refractivity contribution in [2.24, 2.45) is 5.92 Å². The zero-order valence-electron chi connectivity index (χ0n) is 11.2. The van der Waals surface area contributed by atoms with E-state index in [1.54, 1.807) is 11.3 Å². The van der Waals surface area contributed by atoms with Gasteiger partial charge in [0.05, 0.1) is 11.5 Å². The Morgan fingerprint density at radius 1 is 1.26 bits per heavy atom. The van der Waals surface area contributed by atoms with Gasteiger partial charge in [-0.3, -0.25) is 0 Å². The monoisotopic (exact) mass is 282 g/mol. The molecule has 0 bridgehead atoms. The van der Waals surface area contributed by atoms with Gasteiger partial charge in [0.25, 0.3) is 0 Å². The fourth-order valence-corrected chi connectivity index (χ4v) is 4.02. The molecule has 0 radical (unpaired) electrons. The third-order valence-electron chi connectivity index (χ3n) is 4.20. The molecule has 0 aromatic carbocycles. The lowest BCUT2D eigenvalue weighted by molar-refractivity contribution is 0.194. The predicted octanol–water partition coefficient (Wildman–Crippen LogP) is 3.34. The number of nitrogens with zero attached hydrogens (tertiary/aromatic N) is 1. The minimum absolute atomic E-state index is 0.201. The van der Waals surface area contributed by atoms with E-state index < -0.39 is 0 Å². The van der Waals surface area contributed by atoms with Gasteiger partial charge in [-0.05, 0) is 25.2 Å². The van der Waals surface area contributed by atoms with Crippen LogP contribution in [0.4, 0.5) is 5.13 Å². The average Bonchev–Trinajstić information content (AvgIpc) is 3.07. The summed E-state index contributed by atoms with van der Waals surface area (Å²) < 4.78 is 5.38. The second-order valence-electron chi connectivity index (χ2n) is 5.65. The van der Waals surface area contributed by atoms with Crippen molar-refractivity contribution in [3.8, 4) is 5.88 Å². The third kappa shape index (κ3) is 3.20. The fourth-order valence-electron chi connectivity index (χ4n) is 3.03. The first-order chi connectivity index (χ1) is 9.33. The Labute approximate surface area is 118 Å². The summed E-state index contributed by atoms with van der Waals surface area (Å²) in [6.45, 7) is 2.51. The van der Waals surface area contributed by atoms with Gasteiger partial charge in [0, 0.05) is 19.1 Å². The van der Waals surface area contributed by atoms with Crippen LogP contribution in [0.5, 0.6) is 5.88 Å². The molecule has 2 heterocycles. The van der Waals surface area contributed by atoms with Crippen LogP contribution in [0.15, 0.2) is 0 Å². The van der Waals surface area contributed by atoms with E-state index in [1.165, 1.54) is 32.1 Å². The van der Waals surface area contributed by atoms with Crippen LogP contribution in [0.3, 0.4) is 0 Å². The summed E-state index contributed by atoms with van der Waals surface area (Å²) in [5.74, 6) is 1.31. The first-order valence-corrected chi connectivity index (χ1v) is 8.16. The number of rotatable bonds is 4. The lowest BCUT2D eigenvalue weighted by Crippen LogP contribution is -2.16. The molecular formula is C14H22N2O2S. The minimum atomic E-state index is 0.201. The van der Waals surface area contributed by atoms with Crippen LogP contribution in [0.25, 0.3) is 0 Å². The molecule has 2 aliphatic rings. The summed E-state index contributed by atoms with van der Waals surface area (Å²) in [6, 6.07) is 0. The number of anilines is 1. The summed E-state index contributed by atoms with van der Waals surface area (Å²) in [5, 5.41) is 14.2. The molecule has 106 valence electrons. The maximum absolute atomic E-state index is 9.93. The highest BCUT2D eigenvalue weighted by molar-refractivity contribution is 7.16. The van der Waals surface area contributed by atoms with Crippen LogP contribution >= 0.6 is 11.3 Å². The molecule has 3 rings (SSSR count). The number of nitrogens with one attached hydrogen (secondary N) is 1. The molecule has 2 fully saturated rings. The van der Waals surface area contributed by atoms with Gasteiger partial charge >= 0.3 is 0 Å². The van der Waals surface area contributed by atoms with Gasteiger partial charge in [0.1, 0.15) is 0 Å². The van der Waals surface area contributed by atoms with Crippen molar-refractivity contribution in [1.29, 1.82) is 0 Å². The second kappa shape index (κ2) is 6.09. The number of thiazole rings is 1. The van der Waals surface area contributed by atoms with E-state index in [0.717, 1.165) is 42.1 Å². The van der Waals surface area contributed by atoms with E-state index in [2.05, 4.69) is 10.3 Å². The molecule has 0 spiro atoms. The average molecular weight is 282 g/mol. The number of hydrogen-bond acceptors (Lipinski definition) is 5. The number of ether oxygens (including phenoxy) is 1. The Balaban J connectivity index is 1.57. The Morgan fingerprint density at radius 3 is 2.84 bits per heavy atom. The standard InChI is InChI=1S/C14H22N2O2S/c17-13-12(11-6-7-18-9-11)19-14(16-13)15-8-10-4-2-1-3-5-10/h10-11,17H,1-9H2,(H,15,16)/t11-/m1/s1. The highest BCUT2D eigenvalue weighted by Crippen LogP contribution is 2.38. The molecule has 1 atom stereocenters. The van der Waals surface area contributed by atoms with Crippen molar-refractivity contribution < 1.29 is 9.84 Å². The van der Waals surface area contributed by atoms with Gasteiger partial charge in [-0.15, -0.1) is 0 Å². The van der Waals surface area contributed by atoms with Crippen LogP contribution in [0, 0.1) is 5.92 Å². The van der Waals surface area contributed by atoms with Gasteiger partial charge in [-0.2, -0.15) is 4.98 Å². The number of aromatic hydroxyl groups is 1. The van der Waals surface area contributed by atoms with E-state index in [1.807, 2.05) is 0 Å². The molecular weight excluding hydrogens is 260 g/mol. The molecule has 1 aromatic rings. The predicted molar refractivity (Wildman–Crippen MR) is 77.0 cm³/mol. The van der Waals surface area contributed by atoms with Crippen molar-refractivity contribution in [2.75, 3.05) is 25.1 Å². The topological polar surface area (TPSA) is 54.4 Å². The molecule has 1 aliphatic carbocycles. The molecule has 0 unspecified atom stereocenters. The Bertz CT molecular complexity index is 410. The van der Waals surface area contributed by atoms with E-state index in [-0.39, 0.29) is 5.88 Å². The highest BCUT2D eigenvalue weighted by Gasteiger charge is 2.24. The molecule has 1 saturated heterocycles. The van der Waals surface area contributed by atoms with Gasteiger partial charge in [0.15, 0.2) is 5.13 Å². The van der Waals surface area contributed by atoms with Gasteiger partial charge in [-0.1, -0.05) is 30.6 Å².